The lowest BCUT2D eigenvalue weighted by Gasteiger charge is -2.41. The van der Waals surface area contributed by atoms with Crippen LogP contribution in [0, 0.1) is 11.8 Å². The maximum atomic E-state index is 5.94. The fraction of sp³-hybridized carbons (Fsp3) is 1.00. The van der Waals surface area contributed by atoms with E-state index in [4.69, 9.17) is 4.74 Å². The van der Waals surface area contributed by atoms with Crippen molar-refractivity contribution in [3.63, 3.8) is 0 Å². The van der Waals surface area contributed by atoms with E-state index < -0.39 is 0 Å². The zero-order valence-corrected chi connectivity index (χ0v) is 11.4. The normalized spacial score (nSPS) is 43.2. The molecule has 2 unspecified atom stereocenters. The SMILES string of the molecule is CC(C)C1CCC(N2CC3CCC(C2)O3)CC1. The Hall–Kier alpha value is -0.0800. The molecule has 0 amide bonds. The van der Waals surface area contributed by atoms with Crippen molar-refractivity contribution in [2.45, 2.75) is 70.6 Å². The predicted molar refractivity (Wildman–Crippen MR) is 70.1 cm³/mol. The van der Waals surface area contributed by atoms with E-state index in [1.54, 1.807) is 0 Å². The molecule has 0 aromatic rings. The molecule has 3 fully saturated rings. The number of hydrogen-bond donors (Lipinski definition) is 0. The highest BCUT2D eigenvalue weighted by molar-refractivity contribution is 4.90. The summed E-state index contributed by atoms with van der Waals surface area (Å²) >= 11 is 0. The van der Waals surface area contributed by atoms with E-state index in [0.717, 1.165) is 17.9 Å². The molecule has 0 aromatic carbocycles. The van der Waals surface area contributed by atoms with Crippen LogP contribution in [0.3, 0.4) is 0 Å². The van der Waals surface area contributed by atoms with Gasteiger partial charge in [-0.15, -0.1) is 0 Å². The van der Waals surface area contributed by atoms with Gasteiger partial charge in [0.25, 0.3) is 0 Å². The van der Waals surface area contributed by atoms with Gasteiger partial charge in [0.2, 0.25) is 0 Å². The van der Waals surface area contributed by atoms with Gasteiger partial charge in [0, 0.05) is 19.1 Å². The van der Waals surface area contributed by atoms with E-state index in [2.05, 4.69) is 18.7 Å². The third kappa shape index (κ3) is 2.53. The first kappa shape index (κ1) is 12.0. The molecule has 98 valence electrons. The summed E-state index contributed by atoms with van der Waals surface area (Å²) in [7, 11) is 0. The smallest absolute Gasteiger partial charge is 0.0707 e. The van der Waals surface area contributed by atoms with E-state index in [1.807, 2.05) is 0 Å². The molecule has 1 saturated carbocycles. The number of fused-ring (bicyclic) bond motifs is 2. The zero-order valence-electron chi connectivity index (χ0n) is 11.4. The second-order valence-electron chi connectivity index (χ2n) is 6.72. The molecule has 1 aliphatic carbocycles. The Morgan fingerprint density at radius 1 is 0.882 bits per heavy atom. The zero-order chi connectivity index (χ0) is 11.8. The number of hydrogen-bond acceptors (Lipinski definition) is 2. The van der Waals surface area contributed by atoms with Crippen LogP contribution in [0.4, 0.5) is 0 Å². The molecule has 2 nitrogen and oxygen atoms in total. The van der Waals surface area contributed by atoms with Gasteiger partial charge in [-0.1, -0.05) is 13.8 Å². The highest BCUT2D eigenvalue weighted by Crippen LogP contribution is 2.35. The molecule has 0 N–H and O–H groups in total. The van der Waals surface area contributed by atoms with Crippen LogP contribution >= 0.6 is 0 Å². The van der Waals surface area contributed by atoms with Crippen molar-refractivity contribution >= 4 is 0 Å². The van der Waals surface area contributed by atoms with Gasteiger partial charge in [-0.3, -0.25) is 4.90 Å². The van der Waals surface area contributed by atoms with Gasteiger partial charge in [-0.05, 0) is 50.4 Å². The summed E-state index contributed by atoms with van der Waals surface area (Å²) in [6.45, 7) is 7.21. The van der Waals surface area contributed by atoms with Crippen LogP contribution < -0.4 is 0 Å². The molecular weight excluding hydrogens is 210 g/mol. The Morgan fingerprint density at radius 3 is 2.00 bits per heavy atom. The summed E-state index contributed by atoms with van der Waals surface area (Å²) in [4.78, 5) is 2.75. The maximum absolute atomic E-state index is 5.94. The Labute approximate surface area is 106 Å². The van der Waals surface area contributed by atoms with Crippen LogP contribution in [0.25, 0.3) is 0 Å². The van der Waals surface area contributed by atoms with E-state index in [9.17, 15) is 0 Å². The Morgan fingerprint density at radius 2 is 1.47 bits per heavy atom. The quantitative estimate of drug-likeness (QED) is 0.732. The first-order valence-electron chi connectivity index (χ1n) is 7.62. The second-order valence-corrected chi connectivity index (χ2v) is 6.72. The van der Waals surface area contributed by atoms with Crippen molar-refractivity contribution in [2.24, 2.45) is 11.8 Å². The maximum Gasteiger partial charge on any atom is 0.0707 e. The molecule has 0 aromatic heterocycles. The number of ether oxygens (including phenoxy) is 1. The van der Waals surface area contributed by atoms with Crippen LogP contribution in [-0.4, -0.2) is 36.2 Å². The standard InChI is InChI=1S/C15H27NO/c1-11(2)12-3-5-13(6-4-12)16-9-14-7-8-15(10-16)17-14/h11-15H,3-10H2,1-2H3. The van der Waals surface area contributed by atoms with Crippen molar-refractivity contribution in [3.8, 4) is 0 Å². The molecule has 17 heavy (non-hydrogen) atoms. The lowest BCUT2D eigenvalue weighted by atomic mass is 9.79. The van der Waals surface area contributed by atoms with Crippen molar-refractivity contribution in [1.29, 1.82) is 0 Å². The molecule has 0 radical (unpaired) electrons. The lowest BCUT2D eigenvalue weighted by Crippen LogP contribution is -2.49. The monoisotopic (exact) mass is 237 g/mol. The molecule has 2 heterocycles. The summed E-state index contributed by atoms with van der Waals surface area (Å²) in [6, 6.07) is 0.872. The largest absolute Gasteiger partial charge is 0.372 e. The number of morpholine rings is 1. The highest BCUT2D eigenvalue weighted by atomic mass is 16.5. The van der Waals surface area contributed by atoms with Gasteiger partial charge in [-0.25, -0.2) is 0 Å². The van der Waals surface area contributed by atoms with E-state index in [-0.39, 0.29) is 0 Å². The minimum Gasteiger partial charge on any atom is -0.372 e. The molecule has 2 atom stereocenters. The number of nitrogens with zero attached hydrogens (tertiary/aromatic N) is 1. The van der Waals surface area contributed by atoms with Crippen LogP contribution in [0.1, 0.15) is 52.4 Å². The number of likely N-dealkylation sites (tertiary alicyclic amines) is 1. The van der Waals surface area contributed by atoms with Crippen LogP contribution in [0.15, 0.2) is 0 Å². The van der Waals surface area contributed by atoms with E-state index >= 15 is 0 Å². The average Bonchev–Trinajstić information content (AvgIpc) is 2.68. The van der Waals surface area contributed by atoms with Crippen LogP contribution in [0.2, 0.25) is 0 Å². The summed E-state index contributed by atoms with van der Waals surface area (Å²) < 4.78 is 5.94. The fourth-order valence-corrected chi connectivity index (χ4v) is 4.08. The first-order valence-corrected chi connectivity index (χ1v) is 7.62. The minimum absolute atomic E-state index is 0.566. The lowest BCUT2D eigenvalue weighted by molar-refractivity contribution is -0.0598. The van der Waals surface area contributed by atoms with Gasteiger partial charge >= 0.3 is 0 Å². The third-order valence-electron chi connectivity index (χ3n) is 5.27. The minimum atomic E-state index is 0.566. The van der Waals surface area contributed by atoms with E-state index in [0.29, 0.717) is 12.2 Å². The summed E-state index contributed by atoms with van der Waals surface area (Å²) in [6.07, 6.45) is 9.52. The second kappa shape index (κ2) is 4.89. The fourth-order valence-electron chi connectivity index (χ4n) is 4.08. The average molecular weight is 237 g/mol. The molecule has 0 spiro atoms. The molecule has 3 rings (SSSR count). The molecular formula is C15H27NO. The Balaban J connectivity index is 1.53. The topological polar surface area (TPSA) is 12.5 Å². The van der Waals surface area contributed by atoms with Gasteiger partial charge < -0.3 is 4.74 Å². The van der Waals surface area contributed by atoms with Crippen molar-refractivity contribution in [3.05, 3.63) is 0 Å². The molecule has 2 bridgehead atoms. The van der Waals surface area contributed by atoms with Gasteiger partial charge in [0.15, 0.2) is 0 Å². The molecule has 2 saturated heterocycles. The predicted octanol–water partition coefficient (Wildman–Crippen LogP) is 3.06. The summed E-state index contributed by atoms with van der Waals surface area (Å²) in [5.41, 5.74) is 0. The summed E-state index contributed by atoms with van der Waals surface area (Å²) in [5, 5.41) is 0. The Bertz CT molecular complexity index is 246. The first-order chi connectivity index (χ1) is 8.22. The highest BCUT2D eigenvalue weighted by Gasteiger charge is 2.37. The van der Waals surface area contributed by atoms with Crippen molar-refractivity contribution in [2.75, 3.05) is 13.1 Å². The molecule has 2 heteroatoms. The van der Waals surface area contributed by atoms with Gasteiger partial charge in [0.1, 0.15) is 0 Å². The van der Waals surface area contributed by atoms with Gasteiger partial charge in [-0.2, -0.15) is 0 Å². The van der Waals surface area contributed by atoms with Crippen LogP contribution in [0.5, 0.6) is 0 Å². The number of rotatable bonds is 2. The molecule has 2 aliphatic heterocycles. The van der Waals surface area contributed by atoms with Crippen molar-refractivity contribution < 1.29 is 4.74 Å². The van der Waals surface area contributed by atoms with Crippen molar-refractivity contribution in [1.82, 2.24) is 4.90 Å². The van der Waals surface area contributed by atoms with Gasteiger partial charge in [0.05, 0.1) is 12.2 Å². The van der Waals surface area contributed by atoms with E-state index in [1.165, 1.54) is 51.6 Å². The van der Waals surface area contributed by atoms with Crippen LogP contribution in [-0.2, 0) is 4.74 Å². The third-order valence-corrected chi connectivity index (χ3v) is 5.27. The Kier molecular flexibility index (Phi) is 3.45. The summed E-state index contributed by atoms with van der Waals surface area (Å²) in [5.74, 6) is 1.88. The molecule has 3 aliphatic rings.